The van der Waals surface area contributed by atoms with Gasteiger partial charge in [0.15, 0.2) is 0 Å². The maximum absolute atomic E-state index is 4.93. The van der Waals surface area contributed by atoms with Crippen molar-refractivity contribution in [3.8, 4) is 0 Å². The molecule has 0 saturated heterocycles. The molecule has 0 spiro atoms. The molecule has 0 bridgehead atoms. The Labute approximate surface area is 178 Å². The van der Waals surface area contributed by atoms with Crippen molar-refractivity contribution in [1.82, 2.24) is 9.78 Å². The van der Waals surface area contributed by atoms with Crippen molar-refractivity contribution in [2.45, 2.75) is 5.54 Å². The quantitative estimate of drug-likeness (QED) is 0.287. The standard InChI is InChI=1S/C26H19BrN2/c27-24-16-17-25-20(18-24)19-28-29(25)26(21-10-4-1-5-11-21,22-12-6-2-7-13-22)23-14-8-3-9-15-23/h1-19H. The molecule has 0 radical (unpaired) electrons. The molecule has 0 amide bonds. The monoisotopic (exact) mass is 438 g/mol. The third kappa shape index (κ3) is 2.90. The Balaban J connectivity index is 1.95. The predicted octanol–water partition coefficient (Wildman–Crippen LogP) is 6.64. The molecule has 0 aliphatic rings. The second kappa shape index (κ2) is 7.34. The third-order valence-corrected chi connectivity index (χ3v) is 5.92. The third-order valence-electron chi connectivity index (χ3n) is 5.42. The molecule has 5 aromatic rings. The van der Waals surface area contributed by atoms with Crippen LogP contribution in [0.1, 0.15) is 16.7 Å². The summed E-state index contributed by atoms with van der Waals surface area (Å²) in [5.41, 5.74) is 4.02. The largest absolute Gasteiger partial charge is 0.245 e. The predicted molar refractivity (Wildman–Crippen MR) is 122 cm³/mol. The molecule has 0 aliphatic carbocycles. The fourth-order valence-corrected chi connectivity index (χ4v) is 4.55. The number of hydrogen-bond donors (Lipinski definition) is 0. The number of rotatable bonds is 4. The maximum atomic E-state index is 4.93. The smallest absolute Gasteiger partial charge is 0.138 e. The summed E-state index contributed by atoms with van der Waals surface area (Å²) in [4.78, 5) is 0. The van der Waals surface area contributed by atoms with Gasteiger partial charge < -0.3 is 0 Å². The van der Waals surface area contributed by atoms with E-state index in [-0.39, 0.29) is 0 Å². The second-order valence-electron chi connectivity index (χ2n) is 7.07. The maximum Gasteiger partial charge on any atom is 0.138 e. The highest BCUT2D eigenvalue weighted by molar-refractivity contribution is 9.10. The van der Waals surface area contributed by atoms with Crippen LogP contribution in [0.4, 0.5) is 0 Å². The van der Waals surface area contributed by atoms with E-state index in [1.165, 1.54) is 16.7 Å². The van der Waals surface area contributed by atoms with Crippen LogP contribution in [-0.4, -0.2) is 9.78 Å². The number of benzene rings is 4. The average Bonchev–Trinajstić information content (AvgIpc) is 3.20. The van der Waals surface area contributed by atoms with Crippen molar-refractivity contribution in [2.75, 3.05) is 0 Å². The summed E-state index contributed by atoms with van der Waals surface area (Å²) in [7, 11) is 0. The fraction of sp³-hybridized carbons (Fsp3) is 0.0385. The lowest BCUT2D eigenvalue weighted by Crippen LogP contribution is -2.38. The molecule has 29 heavy (non-hydrogen) atoms. The summed E-state index contributed by atoms with van der Waals surface area (Å²) in [6, 6.07) is 38.2. The van der Waals surface area contributed by atoms with Gasteiger partial charge in [-0.25, -0.2) is 4.68 Å². The van der Waals surface area contributed by atoms with Crippen molar-refractivity contribution < 1.29 is 0 Å². The van der Waals surface area contributed by atoms with E-state index in [1.807, 2.05) is 6.20 Å². The normalized spacial score (nSPS) is 11.6. The molecule has 0 N–H and O–H groups in total. The molecule has 0 unspecified atom stereocenters. The number of nitrogens with zero attached hydrogens (tertiary/aromatic N) is 2. The Morgan fingerprint density at radius 1 is 0.621 bits per heavy atom. The summed E-state index contributed by atoms with van der Waals surface area (Å²) < 4.78 is 3.21. The molecule has 0 atom stereocenters. The van der Waals surface area contributed by atoms with Crippen LogP contribution in [0, 0.1) is 0 Å². The van der Waals surface area contributed by atoms with Gasteiger partial charge in [0.1, 0.15) is 5.54 Å². The Morgan fingerprint density at radius 3 is 1.59 bits per heavy atom. The van der Waals surface area contributed by atoms with Gasteiger partial charge in [0.05, 0.1) is 11.7 Å². The van der Waals surface area contributed by atoms with Gasteiger partial charge in [0.25, 0.3) is 0 Å². The molecule has 140 valence electrons. The van der Waals surface area contributed by atoms with Gasteiger partial charge in [-0.2, -0.15) is 5.10 Å². The van der Waals surface area contributed by atoms with Crippen LogP contribution in [0.2, 0.25) is 0 Å². The number of fused-ring (bicyclic) bond motifs is 1. The molecular weight excluding hydrogens is 420 g/mol. The van der Waals surface area contributed by atoms with Crippen molar-refractivity contribution >= 4 is 26.8 Å². The summed E-state index contributed by atoms with van der Waals surface area (Å²) in [6.07, 6.45) is 1.95. The van der Waals surface area contributed by atoms with Crippen LogP contribution in [0.5, 0.6) is 0 Å². The minimum Gasteiger partial charge on any atom is -0.245 e. The molecular formula is C26H19BrN2. The summed E-state index contributed by atoms with van der Waals surface area (Å²) in [5.74, 6) is 0. The van der Waals surface area contributed by atoms with E-state index >= 15 is 0 Å². The van der Waals surface area contributed by atoms with Crippen LogP contribution < -0.4 is 0 Å². The van der Waals surface area contributed by atoms with Gasteiger partial charge in [0.2, 0.25) is 0 Å². The summed E-state index contributed by atoms with van der Waals surface area (Å²) in [5, 5.41) is 6.04. The first-order valence-corrected chi connectivity index (χ1v) is 10.4. The van der Waals surface area contributed by atoms with Crippen molar-refractivity contribution in [3.63, 3.8) is 0 Å². The van der Waals surface area contributed by atoms with E-state index in [0.29, 0.717) is 0 Å². The Kier molecular flexibility index (Phi) is 4.53. The molecule has 0 aliphatic heterocycles. The van der Waals surface area contributed by atoms with Crippen molar-refractivity contribution in [1.29, 1.82) is 0 Å². The molecule has 5 rings (SSSR count). The van der Waals surface area contributed by atoms with E-state index in [2.05, 4.69) is 130 Å². The molecule has 3 heteroatoms. The molecule has 0 fully saturated rings. The summed E-state index contributed by atoms with van der Waals surface area (Å²) >= 11 is 3.59. The van der Waals surface area contributed by atoms with Gasteiger partial charge in [-0.05, 0) is 34.9 Å². The summed E-state index contributed by atoms with van der Waals surface area (Å²) in [6.45, 7) is 0. The number of aromatic nitrogens is 2. The average molecular weight is 439 g/mol. The van der Waals surface area contributed by atoms with Gasteiger partial charge in [-0.3, -0.25) is 0 Å². The second-order valence-corrected chi connectivity index (χ2v) is 7.98. The lowest BCUT2D eigenvalue weighted by molar-refractivity contribution is 0.476. The van der Waals surface area contributed by atoms with E-state index in [9.17, 15) is 0 Å². The number of halogens is 1. The Morgan fingerprint density at radius 2 is 1.10 bits per heavy atom. The van der Waals surface area contributed by atoms with Crippen LogP contribution in [0.15, 0.2) is 120 Å². The molecule has 1 aromatic heterocycles. The first-order valence-electron chi connectivity index (χ1n) is 9.60. The number of hydrogen-bond acceptors (Lipinski definition) is 1. The van der Waals surface area contributed by atoms with Crippen LogP contribution in [0.3, 0.4) is 0 Å². The molecule has 0 saturated carbocycles. The first kappa shape index (κ1) is 17.9. The van der Waals surface area contributed by atoms with E-state index in [1.54, 1.807) is 0 Å². The van der Waals surface area contributed by atoms with Gasteiger partial charge in [-0.1, -0.05) is 107 Å². The van der Waals surface area contributed by atoms with Crippen molar-refractivity contribution in [2.24, 2.45) is 0 Å². The van der Waals surface area contributed by atoms with Gasteiger partial charge in [0, 0.05) is 9.86 Å². The first-order chi connectivity index (χ1) is 14.3. The lowest BCUT2D eigenvalue weighted by Gasteiger charge is -2.37. The molecule has 1 heterocycles. The van der Waals surface area contributed by atoms with E-state index < -0.39 is 5.54 Å². The zero-order chi connectivity index (χ0) is 19.7. The van der Waals surface area contributed by atoms with E-state index in [4.69, 9.17) is 5.10 Å². The SMILES string of the molecule is Brc1ccc2c(cnn2C(c2ccccc2)(c2ccccc2)c2ccccc2)c1. The molecule has 2 nitrogen and oxygen atoms in total. The van der Waals surface area contributed by atoms with Crippen LogP contribution in [0.25, 0.3) is 10.9 Å². The zero-order valence-corrected chi connectivity index (χ0v) is 17.3. The zero-order valence-electron chi connectivity index (χ0n) is 15.7. The van der Waals surface area contributed by atoms with Gasteiger partial charge >= 0.3 is 0 Å². The lowest BCUT2D eigenvalue weighted by atomic mass is 9.77. The minimum absolute atomic E-state index is 0.584. The Bertz CT molecular complexity index is 1150. The van der Waals surface area contributed by atoms with E-state index in [0.717, 1.165) is 15.4 Å². The van der Waals surface area contributed by atoms with Crippen molar-refractivity contribution in [3.05, 3.63) is 137 Å². The Hall–Kier alpha value is -3.17. The van der Waals surface area contributed by atoms with Crippen LogP contribution >= 0.6 is 15.9 Å². The topological polar surface area (TPSA) is 17.8 Å². The highest BCUT2D eigenvalue weighted by atomic mass is 79.9. The minimum atomic E-state index is -0.584. The van der Waals surface area contributed by atoms with Gasteiger partial charge in [-0.15, -0.1) is 0 Å². The highest BCUT2D eigenvalue weighted by Crippen LogP contribution is 2.42. The highest BCUT2D eigenvalue weighted by Gasteiger charge is 2.40. The van der Waals surface area contributed by atoms with Crippen LogP contribution in [-0.2, 0) is 5.54 Å². The fourth-order valence-electron chi connectivity index (χ4n) is 4.18. The molecule has 4 aromatic carbocycles.